The molecular weight excluding hydrogens is 216 g/mol. The van der Waals surface area contributed by atoms with Gasteiger partial charge in [0.15, 0.2) is 0 Å². The lowest BCUT2D eigenvalue weighted by Gasteiger charge is -2.36. The summed E-state index contributed by atoms with van der Waals surface area (Å²) in [6.07, 6.45) is 3.95. The maximum atomic E-state index is 6.03. The van der Waals surface area contributed by atoms with Crippen LogP contribution < -0.4 is 5.32 Å². The fraction of sp³-hybridized carbons (Fsp3) is 1.00. The van der Waals surface area contributed by atoms with Gasteiger partial charge in [-0.3, -0.25) is 4.90 Å². The molecule has 0 amide bonds. The molecule has 2 unspecified atom stereocenters. The minimum Gasteiger partial charge on any atom is -0.373 e. The van der Waals surface area contributed by atoms with Crippen molar-refractivity contribution in [3.8, 4) is 0 Å². The minimum absolute atomic E-state index is 0.355. The number of likely N-dealkylation sites (N-methyl/N-ethyl adjacent to an activating group) is 1. The van der Waals surface area contributed by atoms with Crippen LogP contribution in [0.25, 0.3) is 0 Å². The lowest BCUT2D eigenvalue weighted by atomic mass is 10.1. The van der Waals surface area contributed by atoms with Gasteiger partial charge in [-0.2, -0.15) is 0 Å². The predicted molar refractivity (Wildman–Crippen MR) is 68.3 cm³/mol. The smallest absolute Gasteiger partial charge is 0.0707 e. The summed E-state index contributed by atoms with van der Waals surface area (Å²) in [7, 11) is 1.99. The number of hydrogen-bond donors (Lipinski definition) is 1. The third-order valence-corrected chi connectivity index (χ3v) is 3.58. The summed E-state index contributed by atoms with van der Waals surface area (Å²) in [6.45, 7) is 8.44. The van der Waals surface area contributed by atoms with Crippen LogP contribution in [-0.2, 0) is 9.47 Å². The fourth-order valence-electron chi connectivity index (χ4n) is 3.01. The molecule has 2 fully saturated rings. The predicted octanol–water partition coefficient (Wildman–Crippen LogP) is 0.863. The highest BCUT2D eigenvalue weighted by Gasteiger charge is 2.29. The Morgan fingerprint density at radius 2 is 1.71 bits per heavy atom. The Morgan fingerprint density at radius 3 is 2.35 bits per heavy atom. The summed E-state index contributed by atoms with van der Waals surface area (Å²) in [5.41, 5.74) is 0. The Hall–Kier alpha value is -0.160. The van der Waals surface area contributed by atoms with E-state index >= 15 is 0 Å². The summed E-state index contributed by atoms with van der Waals surface area (Å²) >= 11 is 0. The van der Waals surface area contributed by atoms with Crippen LogP contribution in [0, 0.1) is 0 Å². The molecule has 0 aromatic heterocycles. The SMILES string of the molecule is CNCC1CCC(CN2C[C@@H](C)O[C@@H](C)C2)O1. The molecule has 2 aliphatic rings. The zero-order valence-electron chi connectivity index (χ0n) is 11.3. The number of rotatable bonds is 4. The number of ether oxygens (including phenoxy) is 2. The maximum absolute atomic E-state index is 6.03. The van der Waals surface area contributed by atoms with Gasteiger partial charge in [0.2, 0.25) is 0 Å². The third-order valence-electron chi connectivity index (χ3n) is 3.58. The van der Waals surface area contributed by atoms with E-state index in [2.05, 4.69) is 24.1 Å². The van der Waals surface area contributed by atoms with Crippen molar-refractivity contribution in [1.82, 2.24) is 10.2 Å². The Morgan fingerprint density at radius 1 is 1.06 bits per heavy atom. The minimum atomic E-state index is 0.355. The number of morpholine rings is 1. The van der Waals surface area contributed by atoms with Gasteiger partial charge in [-0.15, -0.1) is 0 Å². The first-order valence-electron chi connectivity index (χ1n) is 6.85. The molecule has 100 valence electrons. The fourth-order valence-corrected chi connectivity index (χ4v) is 3.01. The van der Waals surface area contributed by atoms with Crippen LogP contribution in [-0.4, -0.2) is 62.5 Å². The Bertz CT molecular complexity index is 227. The summed E-state index contributed by atoms with van der Waals surface area (Å²) in [5.74, 6) is 0. The summed E-state index contributed by atoms with van der Waals surface area (Å²) in [5, 5.41) is 3.19. The van der Waals surface area contributed by atoms with Crippen molar-refractivity contribution in [3.05, 3.63) is 0 Å². The maximum Gasteiger partial charge on any atom is 0.0707 e. The van der Waals surface area contributed by atoms with Crippen molar-refractivity contribution in [3.63, 3.8) is 0 Å². The summed E-state index contributed by atoms with van der Waals surface area (Å²) < 4.78 is 11.8. The molecule has 0 bridgehead atoms. The zero-order chi connectivity index (χ0) is 12.3. The molecule has 1 N–H and O–H groups in total. The highest BCUT2D eigenvalue weighted by atomic mass is 16.5. The van der Waals surface area contributed by atoms with Gasteiger partial charge >= 0.3 is 0 Å². The van der Waals surface area contributed by atoms with Gasteiger partial charge in [0.25, 0.3) is 0 Å². The second-order valence-electron chi connectivity index (χ2n) is 5.49. The molecule has 4 heteroatoms. The van der Waals surface area contributed by atoms with Crippen LogP contribution in [0.15, 0.2) is 0 Å². The molecule has 2 saturated heterocycles. The molecule has 2 heterocycles. The van der Waals surface area contributed by atoms with Crippen molar-refractivity contribution < 1.29 is 9.47 Å². The van der Waals surface area contributed by atoms with Gasteiger partial charge in [0.1, 0.15) is 0 Å². The first-order valence-corrected chi connectivity index (χ1v) is 6.85. The van der Waals surface area contributed by atoms with Crippen LogP contribution in [0.1, 0.15) is 26.7 Å². The first kappa shape index (κ1) is 13.3. The standard InChI is InChI=1S/C13H26N2O2/c1-10-7-15(8-11(2)16-10)9-13-5-4-12(17-13)6-14-3/h10-14H,4-9H2,1-3H3/t10-,11+,12?,13?. The van der Waals surface area contributed by atoms with Gasteiger partial charge in [0.05, 0.1) is 24.4 Å². The van der Waals surface area contributed by atoms with E-state index in [-0.39, 0.29) is 0 Å². The first-order chi connectivity index (χ1) is 8.17. The molecule has 0 radical (unpaired) electrons. The van der Waals surface area contributed by atoms with E-state index in [0.717, 1.165) is 26.2 Å². The van der Waals surface area contributed by atoms with Crippen LogP contribution >= 0.6 is 0 Å². The molecule has 2 rings (SSSR count). The van der Waals surface area contributed by atoms with Crippen molar-refractivity contribution >= 4 is 0 Å². The van der Waals surface area contributed by atoms with E-state index in [1.165, 1.54) is 12.8 Å². The molecule has 0 spiro atoms. The van der Waals surface area contributed by atoms with E-state index < -0.39 is 0 Å². The van der Waals surface area contributed by atoms with E-state index in [4.69, 9.17) is 9.47 Å². The Kier molecular flexibility index (Phi) is 4.79. The molecule has 4 nitrogen and oxygen atoms in total. The molecule has 0 aliphatic carbocycles. The highest BCUT2D eigenvalue weighted by molar-refractivity contribution is 4.81. The van der Waals surface area contributed by atoms with Gasteiger partial charge in [-0.05, 0) is 33.7 Å². The molecule has 0 aromatic rings. The van der Waals surface area contributed by atoms with Crippen LogP contribution in [0.3, 0.4) is 0 Å². The van der Waals surface area contributed by atoms with Gasteiger partial charge < -0.3 is 14.8 Å². The van der Waals surface area contributed by atoms with E-state index in [1.54, 1.807) is 0 Å². The average molecular weight is 242 g/mol. The van der Waals surface area contributed by atoms with E-state index in [0.29, 0.717) is 24.4 Å². The van der Waals surface area contributed by atoms with Crippen LogP contribution in [0.2, 0.25) is 0 Å². The molecule has 0 saturated carbocycles. The van der Waals surface area contributed by atoms with Gasteiger partial charge in [0, 0.05) is 26.2 Å². The van der Waals surface area contributed by atoms with Crippen molar-refractivity contribution in [2.75, 3.05) is 33.2 Å². The topological polar surface area (TPSA) is 33.7 Å². The molecule has 0 aromatic carbocycles. The monoisotopic (exact) mass is 242 g/mol. The second-order valence-corrected chi connectivity index (χ2v) is 5.49. The quantitative estimate of drug-likeness (QED) is 0.793. The highest BCUT2D eigenvalue weighted by Crippen LogP contribution is 2.21. The van der Waals surface area contributed by atoms with Crippen LogP contribution in [0.5, 0.6) is 0 Å². The summed E-state index contributed by atoms with van der Waals surface area (Å²) in [6, 6.07) is 0. The van der Waals surface area contributed by atoms with Crippen LogP contribution in [0.4, 0.5) is 0 Å². The largest absolute Gasteiger partial charge is 0.373 e. The molecule has 2 aliphatic heterocycles. The summed E-state index contributed by atoms with van der Waals surface area (Å²) in [4.78, 5) is 2.49. The Labute approximate surface area is 105 Å². The second kappa shape index (κ2) is 6.14. The van der Waals surface area contributed by atoms with Crippen molar-refractivity contribution in [2.24, 2.45) is 0 Å². The average Bonchev–Trinajstić information content (AvgIpc) is 2.64. The number of hydrogen-bond acceptors (Lipinski definition) is 4. The third kappa shape index (κ3) is 3.91. The number of nitrogens with one attached hydrogen (secondary N) is 1. The van der Waals surface area contributed by atoms with E-state index in [1.807, 2.05) is 7.05 Å². The Balaban J connectivity index is 1.74. The normalized spacial score (nSPS) is 39.7. The molecule has 4 atom stereocenters. The van der Waals surface area contributed by atoms with Gasteiger partial charge in [-0.25, -0.2) is 0 Å². The lowest BCUT2D eigenvalue weighted by molar-refractivity contribution is -0.0811. The molecular formula is C13H26N2O2. The van der Waals surface area contributed by atoms with Crippen molar-refractivity contribution in [2.45, 2.75) is 51.1 Å². The van der Waals surface area contributed by atoms with Crippen molar-refractivity contribution in [1.29, 1.82) is 0 Å². The number of nitrogens with zero attached hydrogens (tertiary/aromatic N) is 1. The van der Waals surface area contributed by atoms with E-state index in [9.17, 15) is 0 Å². The van der Waals surface area contributed by atoms with Gasteiger partial charge in [-0.1, -0.05) is 0 Å². The zero-order valence-corrected chi connectivity index (χ0v) is 11.3. The lowest BCUT2D eigenvalue weighted by Crippen LogP contribution is -2.48. The molecule has 17 heavy (non-hydrogen) atoms.